The van der Waals surface area contributed by atoms with E-state index in [2.05, 4.69) is 6.92 Å². The first-order chi connectivity index (χ1) is 18.3. The fraction of sp³-hybridized carbons (Fsp3) is 0.400. The van der Waals surface area contributed by atoms with Gasteiger partial charge in [0.2, 0.25) is 5.78 Å². The number of rotatable bonds is 13. The van der Waals surface area contributed by atoms with Crippen LogP contribution in [0.1, 0.15) is 54.8 Å². The van der Waals surface area contributed by atoms with Gasteiger partial charge in [-0.2, -0.15) is 0 Å². The van der Waals surface area contributed by atoms with Crippen LogP contribution < -0.4 is 9.47 Å². The lowest BCUT2D eigenvalue weighted by molar-refractivity contribution is -0.129. The van der Waals surface area contributed by atoms with Crippen molar-refractivity contribution >= 4 is 22.7 Å². The zero-order chi connectivity index (χ0) is 27.2. The fourth-order valence-corrected chi connectivity index (χ4v) is 4.68. The van der Waals surface area contributed by atoms with Crippen molar-refractivity contribution in [3.63, 3.8) is 0 Å². The van der Waals surface area contributed by atoms with Crippen LogP contribution in [0.5, 0.6) is 11.5 Å². The number of hydrogen-bond acceptors (Lipinski definition) is 7. The van der Waals surface area contributed by atoms with Gasteiger partial charge in [-0.25, -0.2) is 0 Å². The molecule has 1 aromatic heterocycles. The van der Waals surface area contributed by atoms with E-state index in [1.54, 1.807) is 18.2 Å². The maximum absolute atomic E-state index is 13.8. The molecule has 1 aliphatic rings. The third kappa shape index (κ3) is 5.70. The molecule has 0 saturated carbocycles. The molecule has 0 saturated heterocycles. The van der Waals surface area contributed by atoms with E-state index in [4.69, 9.17) is 13.9 Å². The molecule has 3 aromatic rings. The number of hydrogen-bond donors (Lipinski definition) is 1. The van der Waals surface area contributed by atoms with Gasteiger partial charge < -0.3 is 28.8 Å². The van der Waals surface area contributed by atoms with E-state index in [1.807, 2.05) is 49.3 Å². The van der Waals surface area contributed by atoms with Crippen LogP contribution in [0, 0.1) is 0 Å². The maximum atomic E-state index is 13.8. The molecular weight excluding hydrogens is 484 g/mol. The second-order valence-corrected chi connectivity index (χ2v) is 9.76. The normalized spacial score (nSPS) is 15.7. The average Bonchev–Trinajstić information content (AvgIpc) is 3.46. The van der Waals surface area contributed by atoms with E-state index in [9.17, 15) is 14.7 Å². The molecule has 8 nitrogen and oxygen atoms in total. The molecule has 1 unspecified atom stereocenters. The number of unbranched alkanes of at least 4 members (excludes halogenated alkanes) is 3. The van der Waals surface area contributed by atoms with Crippen molar-refractivity contribution < 1.29 is 28.6 Å². The number of carbonyl (C=O) groups is 2. The van der Waals surface area contributed by atoms with E-state index in [0.29, 0.717) is 42.0 Å². The molecule has 0 bridgehead atoms. The minimum atomic E-state index is -0.760. The molecular formula is C30H36N2O6. The molecule has 8 heteroatoms. The molecule has 1 N–H and O–H groups in total. The summed E-state index contributed by atoms with van der Waals surface area (Å²) in [5, 5.41) is 11.6. The highest BCUT2D eigenvalue weighted by Gasteiger charge is 2.44. The van der Waals surface area contributed by atoms with Crippen molar-refractivity contribution in [1.29, 1.82) is 0 Å². The van der Waals surface area contributed by atoms with Crippen LogP contribution in [0.4, 0.5) is 0 Å². The summed E-state index contributed by atoms with van der Waals surface area (Å²) in [6.07, 6.45) is 4.47. The molecule has 0 radical (unpaired) electrons. The Hall–Kier alpha value is -3.78. The van der Waals surface area contributed by atoms with Gasteiger partial charge in [-0.1, -0.05) is 50.5 Å². The minimum absolute atomic E-state index is 0.0000121. The monoisotopic (exact) mass is 520 g/mol. The Morgan fingerprint density at radius 1 is 1.11 bits per heavy atom. The van der Waals surface area contributed by atoms with E-state index < -0.39 is 23.5 Å². The Morgan fingerprint density at radius 2 is 1.87 bits per heavy atom. The topological polar surface area (TPSA) is 92.4 Å². The van der Waals surface area contributed by atoms with Crippen LogP contribution in [-0.2, 0) is 4.79 Å². The number of para-hydroxylation sites is 1. The molecule has 202 valence electrons. The first-order valence-corrected chi connectivity index (χ1v) is 13.1. The van der Waals surface area contributed by atoms with E-state index in [-0.39, 0.29) is 11.3 Å². The molecule has 1 atom stereocenters. The molecule has 0 aliphatic carbocycles. The van der Waals surface area contributed by atoms with Crippen molar-refractivity contribution in [2.24, 2.45) is 0 Å². The van der Waals surface area contributed by atoms with Crippen molar-refractivity contribution in [2.75, 3.05) is 40.9 Å². The van der Waals surface area contributed by atoms with Crippen LogP contribution in [0.2, 0.25) is 0 Å². The number of benzene rings is 2. The number of carbonyl (C=O) groups excluding carboxylic acids is 2. The largest absolute Gasteiger partial charge is 0.503 e. The Labute approximate surface area is 223 Å². The molecule has 2 heterocycles. The maximum Gasteiger partial charge on any atom is 0.290 e. The number of furan rings is 1. The van der Waals surface area contributed by atoms with Gasteiger partial charge >= 0.3 is 0 Å². The molecule has 38 heavy (non-hydrogen) atoms. The Kier molecular flexibility index (Phi) is 8.73. The number of ether oxygens (including phenoxy) is 2. The van der Waals surface area contributed by atoms with Gasteiger partial charge in [-0.05, 0) is 50.3 Å². The van der Waals surface area contributed by atoms with Crippen molar-refractivity contribution in [3.8, 4) is 11.5 Å². The first-order valence-electron chi connectivity index (χ1n) is 13.1. The van der Waals surface area contributed by atoms with Crippen LogP contribution in [0.3, 0.4) is 0 Å². The zero-order valence-electron chi connectivity index (χ0n) is 22.5. The number of methoxy groups -OCH3 is 1. The van der Waals surface area contributed by atoms with Crippen molar-refractivity contribution in [3.05, 3.63) is 71.2 Å². The van der Waals surface area contributed by atoms with Crippen LogP contribution in [0.15, 0.2) is 64.3 Å². The summed E-state index contributed by atoms with van der Waals surface area (Å²) in [5.74, 6) is -0.419. The number of aliphatic hydroxyl groups is 1. The summed E-state index contributed by atoms with van der Waals surface area (Å²) < 4.78 is 17.1. The van der Waals surface area contributed by atoms with Crippen molar-refractivity contribution in [2.45, 2.75) is 38.6 Å². The summed E-state index contributed by atoms with van der Waals surface area (Å²) in [7, 11) is 5.34. The fourth-order valence-electron chi connectivity index (χ4n) is 4.68. The van der Waals surface area contributed by atoms with Gasteiger partial charge in [-0.3, -0.25) is 9.59 Å². The summed E-state index contributed by atoms with van der Waals surface area (Å²) in [5.41, 5.74) is 1.14. The SMILES string of the molecule is CCCCCCOc1ccc(C2C(C(=O)c3cc4cccc(OC)c4o3)=C(O)C(=O)N2CCN(C)C)cc1. The number of nitrogens with zero attached hydrogens (tertiary/aromatic N) is 2. The summed E-state index contributed by atoms with van der Waals surface area (Å²) in [6, 6.07) is 13.6. The van der Waals surface area contributed by atoms with Crippen LogP contribution in [0.25, 0.3) is 11.0 Å². The van der Waals surface area contributed by atoms with Gasteiger partial charge in [0.1, 0.15) is 5.75 Å². The third-order valence-corrected chi connectivity index (χ3v) is 6.75. The van der Waals surface area contributed by atoms with Gasteiger partial charge in [0, 0.05) is 18.5 Å². The Morgan fingerprint density at radius 3 is 2.55 bits per heavy atom. The summed E-state index contributed by atoms with van der Waals surface area (Å²) >= 11 is 0. The minimum Gasteiger partial charge on any atom is -0.503 e. The zero-order valence-corrected chi connectivity index (χ0v) is 22.5. The smallest absolute Gasteiger partial charge is 0.290 e. The number of likely N-dealkylation sites (N-methyl/N-ethyl adjacent to an activating group) is 1. The number of ketones is 1. The number of Topliss-reactive ketones (excluding diaryl/α,β-unsaturated/α-hetero) is 1. The van der Waals surface area contributed by atoms with Gasteiger partial charge in [0.15, 0.2) is 22.9 Å². The predicted molar refractivity (Wildman–Crippen MR) is 146 cm³/mol. The highest BCUT2D eigenvalue weighted by atomic mass is 16.5. The lowest BCUT2D eigenvalue weighted by atomic mass is 9.95. The lowest BCUT2D eigenvalue weighted by Gasteiger charge is -2.28. The molecule has 1 amide bonds. The third-order valence-electron chi connectivity index (χ3n) is 6.75. The van der Waals surface area contributed by atoms with Crippen LogP contribution in [-0.4, -0.2) is 67.5 Å². The first kappa shape index (κ1) is 27.3. The quantitative estimate of drug-likeness (QED) is 0.234. The summed E-state index contributed by atoms with van der Waals surface area (Å²) in [4.78, 5) is 30.4. The average molecular weight is 521 g/mol. The van der Waals surface area contributed by atoms with Crippen molar-refractivity contribution in [1.82, 2.24) is 9.80 Å². The molecule has 1 aliphatic heterocycles. The van der Waals surface area contributed by atoms with E-state index in [1.165, 1.54) is 24.9 Å². The lowest BCUT2D eigenvalue weighted by Crippen LogP contribution is -2.36. The number of fused-ring (bicyclic) bond motifs is 1. The van der Waals surface area contributed by atoms with E-state index in [0.717, 1.165) is 18.6 Å². The Bertz CT molecular complexity index is 1310. The Balaban J connectivity index is 1.65. The molecule has 0 fully saturated rings. The molecule has 2 aromatic carbocycles. The second kappa shape index (κ2) is 12.2. The van der Waals surface area contributed by atoms with Gasteiger partial charge in [0.25, 0.3) is 5.91 Å². The van der Waals surface area contributed by atoms with E-state index >= 15 is 0 Å². The standard InChI is InChI=1S/C30H36N2O6/c1-5-6-7-8-18-37-22-14-12-20(13-15-22)26-25(28(34)30(35)32(26)17-16-31(2)3)27(33)24-19-21-10-9-11-23(36-4)29(21)38-24/h9-15,19,26,34H,5-8,16-18H2,1-4H3. The van der Waals surface area contributed by atoms with Gasteiger partial charge in [-0.15, -0.1) is 0 Å². The highest BCUT2D eigenvalue weighted by molar-refractivity contribution is 6.16. The number of aliphatic hydroxyl groups excluding tert-OH is 1. The number of amides is 1. The second-order valence-electron chi connectivity index (χ2n) is 9.76. The summed E-state index contributed by atoms with van der Waals surface area (Å²) in [6.45, 7) is 3.71. The highest BCUT2D eigenvalue weighted by Crippen LogP contribution is 2.40. The van der Waals surface area contributed by atoms with Crippen LogP contribution >= 0.6 is 0 Å². The predicted octanol–water partition coefficient (Wildman–Crippen LogP) is 5.54. The molecule has 0 spiro atoms. The molecule has 4 rings (SSSR count). The van der Waals surface area contributed by atoms with Gasteiger partial charge in [0.05, 0.1) is 25.3 Å².